The molecule has 1 aliphatic carbocycles. The molecule has 3 rings (SSSR count). The van der Waals surface area contributed by atoms with Crippen molar-refractivity contribution in [3.05, 3.63) is 35.9 Å². The minimum absolute atomic E-state index is 0.224. The normalized spacial score (nSPS) is 34.3. The molecule has 2 aliphatic rings. The molecule has 2 fully saturated rings. The number of esters is 1. The first kappa shape index (κ1) is 11.7. The van der Waals surface area contributed by atoms with Gasteiger partial charge in [-0.2, -0.15) is 0 Å². The molecule has 1 aromatic rings. The fraction of sp³-hybridized carbons (Fsp3) is 0.533. The van der Waals surface area contributed by atoms with E-state index in [1.54, 1.807) is 0 Å². The maximum absolute atomic E-state index is 11.7. The number of hydrogen-bond donors (Lipinski definition) is 0. The Bertz CT molecular complexity index is 442. The van der Waals surface area contributed by atoms with Gasteiger partial charge in [0.25, 0.3) is 0 Å². The third kappa shape index (κ3) is 1.74. The third-order valence-corrected chi connectivity index (χ3v) is 4.24. The lowest BCUT2D eigenvalue weighted by Crippen LogP contribution is -2.32. The Kier molecular flexibility index (Phi) is 2.86. The van der Waals surface area contributed by atoms with Crippen molar-refractivity contribution >= 4 is 5.97 Å². The van der Waals surface area contributed by atoms with Gasteiger partial charge in [0.1, 0.15) is 5.60 Å². The molecule has 0 radical (unpaired) electrons. The van der Waals surface area contributed by atoms with E-state index in [9.17, 15) is 4.79 Å². The van der Waals surface area contributed by atoms with Crippen LogP contribution in [0.25, 0.3) is 0 Å². The molecular weight excluding hydrogens is 228 g/mol. The van der Waals surface area contributed by atoms with Gasteiger partial charge in [0.15, 0.2) is 6.10 Å². The van der Waals surface area contributed by atoms with E-state index >= 15 is 0 Å². The average Bonchev–Trinajstić information content (AvgIpc) is 3.14. The predicted molar refractivity (Wildman–Crippen MR) is 67.3 cm³/mol. The number of hydrogen-bond acceptors (Lipinski definition) is 3. The van der Waals surface area contributed by atoms with Crippen LogP contribution in [0.4, 0.5) is 0 Å². The van der Waals surface area contributed by atoms with Crippen LogP contribution in [-0.4, -0.2) is 24.8 Å². The number of ether oxygens (including phenoxy) is 2. The molecule has 1 spiro atoms. The Morgan fingerprint density at radius 1 is 1.33 bits per heavy atom. The summed E-state index contributed by atoms with van der Waals surface area (Å²) in [6.07, 6.45) is 4.05. The first-order valence-electron chi connectivity index (χ1n) is 6.58. The van der Waals surface area contributed by atoms with Crippen LogP contribution < -0.4 is 0 Å². The Hall–Kier alpha value is -1.35. The molecule has 1 saturated heterocycles. The second-order valence-corrected chi connectivity index (χ2v) is 5.19. The van der Waals surface area contributed by atoms with Crippen molar-refractivity contribution in [2.45, 2.75) is 43.3 Å². The molecule has 3 nitrogen and oxygen atoms in total. The highest BCUT2D eigenvalue weighted by Crippen LogP contribution is 2.56. The summed E-state index contributed by atoms with van der Waals surface area (Å²) in [7, 11) is 1.43. The van der Waals surface area contributed by atoms with Crippen LogP contribution >= 0.6 is 0 Å². The van der Waals surface area contributed by atoms with Gasteiger partial charge >= 0.3 is 5.97 Å². The predicted octanol–water partition coefficient (Wildman–Crippen LogP) is 2.65. The lowest BCUT2D eigenvalue weighted by molar-refractivity contribution is -0.142. The summed E-state index contributed by atoms with van der Waals surface area (Å²) >= 11 is 0. The molecule has 96 valence electrons. The highest BCUT2D eigenvalue weighted by molar-refractivity contribution is 5.79. The summed E-state index contributed by atoms with van der Waals surface area (Å²) in [6.45, 7) is 0. The van der Waals surface area contributed by atoms with Crippen molar-refractivity contribution in [2.75, 3.05) is 7.11 Å². The highest BCUT2D eigenvalue weighted by atomic mass is 16.7. The van der Waals surface area contributed by atoms with Gasteiger partial charge in [-0.15, -0.1) is 0 Å². The summed E-state index contributed by atoms with van der Waals surface area (Å²) in [6, 6.07) is 10.4. The second kappa shape index (κ2) is 4.39. The molecule has 0 amide bonds. The maximum atomic E-state index is 11.7. The minimum atomic E-state index is -0.354. The van der Waals surface area contributed by atoms with E-state index < -0.39 is 0 Å². The Balaban J connectivity index is 1.87. The van der Waals surface area contributed by atoms with E-state index in [1.807, 2.05) is 18.2 Å². The van der Waals surface area contributed by atoms with E-state index in [1.165, 1.54) is 19.1 Å². The van der Waals surface area contributed by atoms with Crippen LogP contribution in [0.5, 0.6) is 0 Å². The van der Waals surface area contributed by atoms with Crippen LogP contribution in [0.3, 0.4) is 0 Å². The molecule has 3 unspecified atom stereocenters. The first-order chi connectivity index (χ1) is 8.78. The van der Waals surface area contributed by atoms with Gasteiger partial charge in [-0.1, -0.05) is 43.2 Å². The smallest absolute Gasteiger partial charge is 0.338 e. The van der Waals surface area contributed by atoms with Gasteiger partial charge in [-0.25, -0.2) is 4.79 Å². The van der Waals surface area contributed by atoms with Crippen LogP contribution in [0.2, 0.25) is 0 Å². The first-order valence-corrected chi connectivity index (χ1v) is 6.58. The Morgan fingerprint density at radius 2 is 2.11 bits per heavy atom. The minimum Gasteiger partial charge on any atom is -0.467 e. The van der Waals surface area contributed by atoms with Gasteiger partial charge in [-0.3, -0.25) is 0 Å². The lowest BCUT2D eigenvalue weighted by atomic mass is 9.73. The van der Waals surface area contributed by atoms with Crippen molar-refractivity contribution in [2.24, 2.45) is 0 Å². The van der Waals surface area contributed by atoms with Crippen molar-refractivity contribution in [3.8, 4) is 0 Å². The molecule has 1 heterocycles. The highest BCUT2D eigenvalue weighted by Gasteiger charge is 2.65. The van der Waals surface area contributed by atoms with Gasteiger partial charge in [-0.05, 0) is 18.4 Å². The van der Waals surface area contributed by atoms with Gasteiger partial charge in [0, 0.05) is 5.92 Å². The quantitative estimate of drug-likeness (QED) is 0.595. The van der Waals surface area contributed by atoms with Gasteiger partial charge < -0.3 is 9.47 Å². The summed E-state index contributed by atoms with van der Waals surface area (Å²) < 4.78 is 10.6. The van der Waals surface area contributed by atoms with Crippen LogP contribution in [-0.2, 0) is 14.3 Å². The Morgan fingerprint density at radius 3 is 2.83 bits per heavy atom. The average molecular weight is 246 g/mol. The van der Waals surface area contributed by atoms with Gasteiger partial charge in [0.2, 0.25) is 0 Å². The number of rotatable bonds is 2. The van der Waals surface area contributed by atoms with E-state index in [-0.39, 0.29) is 17.7 Å². The molecular formula is C15H18O3. The van der Waals surface area contributed by atoms with Crippen molar-refractivity contribution in [1.82, 2.24) is 0 Å². The van der Waals surface area contributed by atoms with Crippen LogP contribution in [0.1, 0.15) is 37.2 Å². The topological polar surface area (TPSA) is 38.8 Å². The number of carbonyl (C=O) groups is 1. The largest absolute Gasteiger partial charge is 0.467 e. The van der Waals surface area contributed by atoms with Gasteiger partial charge in [0.05, 0.1) is 7.11 Å². The zero-order valence-corrected chi connectivity index (χ0v) is 10.6. The van der Waals surface area contributed by atoms with E-state index in [2.05, 4.69) is 12.1 Å². The molecule has 3 atom stereocenters. The number of methoxy groups -OCH3 is 1. The molecule has 1 saturated carbocycles. The SMILES string of the molecule is COC(=O)C1OC12CCCCC2c1ccccc1. The number of epoxide rings is 1. The molecule has 1 aromatic carbocycles. The summed E-state index contributed by atoms with van der Waals surface area (Å²) in [5.74, 6) is 0.106. The summed E-state index contributed by atoms with van der Waals surface area (Å²) in [5.41, 5.74) is 0.996. The standard InChI is InChI=1S/C15H18O3/c1-17-14(16)13-15(18-13)10-6-5-9-12(15)11-7-3-2-4-8-11/h2-4,7-8,12-13H,5-6,9-10H2,1H3. The maximum Gasteiger partial charge on any atom is 0.338 e. The summed E-state index contributed by atoms with van der Waals surface area (Å²) in [4.78, 5) is 11.7. The second-order valence-electron chi connectivity index (χ2n) is 5.19. The van der Waals surface area contributed by atoms with Crippen molar-refractivity contribution in [1.29, 1.82) is 0 Å². The monoisotopic (exact) mass is 246 g/mol. The van der Waals surface area contributed by atoms with E-state index in [0.29, 0.717) is 5.92 Å². The van der Waals surface area contributed by atoms with Crippen LogP contribution in [0.15, 0.2) is 30.3 Å². The van der Waals surface area contributed by atoms with Crippen LogP contribution in [0, 0.1) is 0 Å². The fourth-order valence-corrected chi connectivity index (χ4v) is 3.30. The number of carbonyl (C=O) groups excluding carboxylic acids is 1. The van der Waals surface area contributed by atoms with E-state index in [0.717, 1.165) is 19.3 Å². The van der Waals surface area contributed by atoms with E-state index in [4.69, 9.17) is 9.47 Å². The fourth-order valence-electron chi connectivity index (χ4n) is 3.30. The lowest BCUT2D eigenvalue weighted by Gasteiger charge is -2.29. The summed E-state index contributed by atoms with van der Waals surface area (Å²) in [5, 5.41) is 0. The molecule has 1 aliphatic heterocycles. The Labute approximate surface area is 107 Å². The number of benzene rings is 1. The van der Waals surface area contributed by atoms with Crippen molar-refractivity contribution in [3.63, 3.8) is 0 Å². The molecule has 3 heteroatoms. The molecule has 0 bridgehead atoms. The molecule has 18 heavy (non-hydrogen) atoms. The molecule has 0 aromatic heterocycles. The zero-order valence-electron chi connectivity index (χ0n) is 10.6. The zero-order chi connectivity index (χ0) is 12.6. The third-order valence-electron chi connectivity index (χ3n) is 4.24. The molecule has 0 N–H and O–H groups in total. The van der Waals surface area contributed by atoms with Crippen molar-refractivity contribution < 1.29 is 14.3 Å².